The molecule has 0 aliphatic heterocycles. The van der Waals surface area contributed by atoms with Crippen LogP contribution in [0.3, 0.4) is 0 Å². The summed E-state index contributed by atoms with van der Waals surface area (Å²) in [5, 5.41) is 7.79. The van der Waals surface area contributed by atoms with Crippen LogP contribution >= 0.6 is 0 Å². The highest BCUT2D eigenvalue weighted by atomic mass is 15.3. The number of aromatic nitrogens is 2. The van der Waals surface area contributed by atoms with Crippen LogP contribution in [0.25, 0.3) is 0 Å². The molecular formula is C18H27N3. The van der Waals surface area contributed by atoms with Crippen LogP contribution in [0.2, 0.25) is 0 Å². The Balaban J connectivity index is 1.73. The van der Waals surface area contributed by atoms with Gasteiger partial charge in [0.25, 0.3) is 0 Å². The molecule has 0 saturated heterocycles. The third kappa shape index (κ3) is 5.35. The first-order valence-electron chi connectivity index (χ1n) is 7.95. The van der Waals surface area contributed by atoms with Crippen LogP contribution in [0.5, 0.6) is 0 Å². The molecule has 0 radical (unpaired) electrons. The topological polar surface area (TPSA) is 29.9 Å². The molecular weight excluding hydrogens is 258 g/mol. The maximum atomic E-state index is 4.21. The Hall–Kier alpha value is -1.61. The summed E-state index contributed by atoms with van der Waals surface area (Å²) < 4.78 is 1.98. The zero-order valence-corrected chi connectivity index (χ0v) is 13.4. The quantitative estimate of drug-likeness (QED) is 0.747. The largest absolute Gasteiger partial charge is 0.310 e. The lowest BCUT2D eigenvalue weighted by atomic mass is 10.00. The van der Waals surface area contributed by atoms with Crippen molar-refractivity contribution in [3.05, 3.63) is 53.9 Å². The van der Waals surface area contributed by atoms with E-state index in [0.717, 1.165) is 25.9 Å². The minimum atomic E-state index is 0.399. The van der Waals surface area contributed by atoms with Gasteiger partial charge in [-0.2, -0.15) is 5.10 Å². The second kappa shape index (κ2) is 7.99. The Morgan fingerprint density at radius 3 is 2.52 bits per heavy atom. The van der Waals surface area contributed by atoms with Crippen LogP contribution in [-0.4, -0.2) is 16.3 Å². The molecule has 0 fully saturated rings. The molecule has 3 nitrogen and oxygen atoms in total. The molecule has 3 heteroatoms. The summed E-state index contributed by atoms with van der Waals surface area (Å²) in [6, 6.07) is 11.4. The molecule has 2 rings (SSSR count). The summed E-state index contributed by atoms with van der Waals surface area (Å²) in [6.45, 7) is 8.73. The fraction of sp³-hybridized carbons (Fsp3) is 0.500. The number of aryl methyl sites for hydroxylation is 1. The molecule has 114 valence electrons. The van der Waals surface area contributed by atoms with Crippen molar-refractivity contribution >= 4 is 0 Å². The Morgan fingerprint density at radius 2 is 1.90 bits per heavy atom. The minimum absolute atomic E-state index is 0.399. The van der Waals surface area contributed by atoms with Gasteiger partial charge in [-0.15, -0.1) is 0 Å². The molecule has 0 aliphatic carbocycles. The number of rotatable bonds is 8. The van der Waals surface area contributed by atoms with Gasteiger partial charge in [0, 0.05) is 25.0 Å². The minimum Gasteiger partial charge on any atom is -0.310 e. The molecule has 1 unspecified atom stereocenters. The van der Waals surface area contributed by atoms with Crippen LogP contribution in [0, 0.1) is 5.92 Å². The van der Waals surface area contributed by atoms with Gasteiger partial charge < -0.3 is 5.32 Å². The summed E-state index contributed by atoms with van der Waals surface area (Å²) in [6.07, 6.45) is 6.09. The average molecular weight is 285 g/mol. The number of nitrogens with one attached hydrogen (secondary N) is 1. The van der Waals surface area contributed by atoms with Gasteiger partial charge in [-0.05, 0) is 49.4 Å². The van der Waals surface area contributed by atoms with E-state index in [2.05, 4.69) is 55.5 Å². The maximum absolute atomic E-state index is 4.21. The lowest BCUT2D eigenvalue weighted by Gasteiger charge is -2.15. The van der Waals surface area contributed by atoms with Crippen molar-refractivity contribution in [3.8, 4) is 0 Å². The zero-order valence-electron chi connectivity index (χ0n) is 13.4. The van der Waals surface area contributed by atoms with Gasteiger partial charge in [-0.1, -0.05) is 38.1 Å². The van der Waals surface area contributed by atoms with Gasteiger partial charge in [0.15, 0.2) is 0 Å². The maximum Gasteiger partial charge on any atom is 0.0489 e. The monoisotopic (exact) mass is 285 g/mol. The fourth-order valence-corrected chi connectivity index (χ4v) is 2.52. The molecule has 1 aromatic carbocycles. The highest BCUT2D eigenvalue weighted by molar-refractivity contribution is 5.25. The van der Waals surface area contributed by atoms with Gasteiger partial charge in [0.1, 0.15) is 0 Å². The fourth-order valence-electron chi connectivity index (χ4n) is 2.52. The lowest BCUT2D eigenvalue weighted by molar-refractivity contribution is 0.507. The van der Waals surface area contributed by atoms with Crippen LogP contribution in [0.4, 0.5) is 0 Å². The molecule has 1 heterocycles. The Morgan fingerprint density at radius 1 is 1.14 bits per heavy atom. The lowest BCUT2D eigenvalue weighted by Crippen LogP contribution is -2.21. The van der Waals surface area contributed by atoms with Crippen molar-refractivity contribution < 1.29 is 0 Å². The van der Waals surface area contributed by atoms with E-state index in [9.17, 15) is 0 Å². The average Bonchev–Trinajstić information content (AvgIpc) is 2.97. The second-order valence-electron chi connectivity index (χ2n) is 6.14. The number of hydrogen-bond donors (Lipinski definition) is 1. The van der Waals surface area contributed by atoms with Crippen molar-refractivity contribution in [3.63, 3.8) is 0 Å². The molecule has 0 spiro atoms. The van der Waals surface area contributed by atoms with Gasteiger partial charge in [-0.25, -0.2) is 0 Å². The van der Waals surface area contributed by atoms with Gasteiger partial charge in [0.2, 0.25) is 0 Å². The first-order chi connectivity index (χ1) is 10.1. The number of nitrogens with zero attached hydrogens (tertiary/aromatic N) is 2. The van der Waals surface area contributed by atoms with Crippen molar-refractivity contribution in [2.45, 2.75) is 46.2 Å². The summed E-state index contributed by atoms with van der Waals surface area (Å²) in [5.41, 5.74) is 2.79. The predicted octanol–water partition coefficient (Wildman–Crippen LogP) is 3.82. The van der Waals surface area contributed by atoms with E-state index in [-0.39, 0.29) is 0 Å². The van der Waals surface area contributed by atoms with Crippen LogP contribution in [0.1, 0.15) is 44.4 Å². The predicted molar refractivity (Wildman–Crippen MR) is 88.2 cm³/mol. The number of benzene rings is 1. The van der Waals surface area contributed by atoms with E-state index in [4.69, 9.17) is 0 Å². The highest BCUT2D eigenvalue weighted by Crippen LogP contribution is 2.15. The molecule has 21 heavy (non-hydrogen) atoms. The van der Waals surface area contributed by atoms with E-state index in [1.54, 1.807) is 0 Å². The van der Waals surface area contributed by atoms with Crippen LogP contribution < -0.4 is 5.32 Å². The van der Waals surface area contributed by atoms with Crippen molar-refractivity contribution in [2.75, 3.05) is 6.54 Å². The van der Waals surface area contributed by atoms with Crippen molar-refractivity contribution in [1.29, 1.82) is 0 Å². The Kier molecular flexibility index (Phi) is 6.00. The third-order valence-electron chi connectivity index (χ3n) is 3.70. The summed E-state index contributed by atoms with van der Waals surface area (Å²) in [5.74, 6) is 0.716. The van der Waals surface area contributed by atoms with Crippen molar-refractivity contribution in [2.24, 2.45) is 5.92 Å². The van der Waals surface area contributed by atoms with Crippen molar-refractivity contribution in [1.82, 2.24) is 15.1 Å². The van der Waals surface area contributed by atoms with E-state index in [0.29, 0.717) is 12.0 Å². The smallest absolute Gasteiger partial charge is 0.0489 e. The third-order valence-corrected chi connectivity index (χ3v) is 3.70. The Bertz CT molecular complexity index is 500. The molecule has 1 N–H and O–H groups in total. The molecule has 0 saturated carbocycles. The van der Waals surface area contributed by atoms with E-state index < -0.39 is 0 Å². The SMILES string of the molecule is CC(C)Cc1ccc(C(C)NCCCn2cccn2)cc1. The van der Waals surface area contributed by atoms with E-state index in [1.165, 1.54) is 11.1 Å². The zero-order chi connectivity index (χ0) is 15.1. The molecule has 0 bridgehead atoms. The molecule has 1 aromatic heterocycles. The van der Waals surface area contributed by atoms with Gasteiger partial charge in [0.05, 0.1) is 0 Å². The summed E-state index contributed by atoms with van der Waals surface area (Å²) in [4.78, 5) is 0. The van der Waals surface area contributed by atoms with Crippen LogP contribution in [0.15, 0.2) is 42.7 Å². The first-order valence-corrected chi connectivity index (χ1v) is 7.95. The normalized spacial score (nSPS) is 12.8. The Labute approximate surface area is 128 Å². The second-order valence-corrected chi connectivity index (χ2v) is 6.14. The molecule has 2 aromatic rings. The summed E-state index contributed by atoms with van der Waals surface area (Å²) >= 11 is 0. The first kappa shape index (κ1) is 15.8. The van der Waals surface area contributed by atoms with Crippen LogP contribution in [-0.2, 0) is 13.0 Å². The molecule has 0 aliphatic rings. The van der Waals surface area contributed by atoms with Gasteiger partial charge >= 0.3 is 0 Å². The standard InChI is InChI=1S/C18H27N3/c1-15(2)14-17-6-8-18(9-7-17)16(3)19-10-4-12-21-13-5-11-20-21/h5-9,11,13,15-16,19H,4,10,12,14H2,1-3H3. The highest BCUT2D eigenvalue weighted by Gasteiger charge is 2.05. The van der Waals surface area contributed by atoms with E-state index >= 15 is 0 Å². The number of hydrogen-bond acceptors (Lipinski definition) is 2. The summed E-state index contributed by atoms with van der Waals surface area (Å²) in [7, 11) is 0. The molecule has 0 amide bonds. The van der Waals surface area contributed by atoms with E-state index in [1.807, 2.05) is 23.1 Å². The van der Waals surface area contributed by atoms with Gasteiger partial charge in [-0.3, -0.25) is 4.68 Å². The molecule has 1 atom stereocenters.